The first kappa shape index (κ1) is 26.4. The molecule has 9 nitrogen and oxygen atoms in total. The summed E-state index contributed by atoms with van der Waals surface area (Å²) in [6.07, 6.45) is 7.04. The predicted molar refractivity (Wildman–Crippen MR) is 140 cm³/mol. The van der Waals surface area contributed by atoms with Crippen molar-refractivity contribution in [2.24, 2.45) is 0 Å². The van der Waals surface area contributed by atoms with Crippen LogP contribution < -0.4 is 11.2 Å². The minimum absolute atomic E-state index is 0.0811. The van der Waals surface area contributed by atoms with E-state index in [2.05, 4.69) is 34.6 Å². The average molecular weight is 598 g/mol. The summed E-state index contributed by atoms with van der Waals surface area (Å²) in [6.45, 7) is 3.91. The van der Waals surface area contributed by atoms with Crippen molar-refractivity contribution in [3.05, 3.63) is 60.1 Å². The molecule has 0 amide bonds. The number of terminal acetylenes is 1. The van der Waals surface area contributed by atoms with E-state index in [0.29, 0.717) is 24.2 Å². The standard InChI is InChI=1S/C23H28IN4O5P/c1-4-13-27-22(29)20-21(26(23(27)30)14-7-8-15-34(31,32)33)25-19(28(20)16(2)3)12-11-17-9-5-6-10-18(17)24/h1,5-6,9-10,16H,7-8,11-15H2,2-3H3,(H2,31,32,33). The van der Waals surface area contributed by atoms with Gasteiger partial charge in [0, 0.05) is 28.7 Å². The number of halogens is 1. The molecule has 2 N–H and O–H groups in total. The maximum Gasteiger partial charge on any atom is 0.333 e. The van der Waals surface area contributed by atoms with Gasteiger partial charge in [-0.3, -0.25) is 13.9 Å². The van der Waals surface area contributed by atoms with Gasteiger partial charge in [-0.2, -0.15) is 0 Å². The van der Waals surface area contributed by atoms with Gasteiger partial charge in [0.25, 0.3) is 5.56 Å². The van der Waals surface area contributed by atoms with Crippen molar-refractivity contribution in [3.8, 4) is 12.3 Å². The lowest BCUT2D eigenvalue weighted by Gasteiger charge is -2.14. The van der Waals surface area contributed by atoms with E-state index < -0.39 is 18.8 Å². The smallest absolute Gasteiger partial charge is 0.324 e. The number of benzene rings is 1. The van der Waals surface area contributed by atoms with Crippen molar-refractivity contribution in [2.45, 2.75) is 58.7 Å². The van der Waals surface area contributed by atoms with Crippen LogP contribution in [0.2, 0.25) is 0 Å². The largest absolute Gasteiger partial charge is 0.333 e. The number of unbranched alkanes of at least 4 members (excludes halogenated alkanes) is 1. The fraction of sp³-hybridized carbons (Fsp3) is 0.435. The summed E-state index contributed by atoms with van der Waals surface area (Å²) in [5, 5.41) is 0. The molecular weight excluding hydrogens is 570 g/mol. The molecule has 0 aliphatic heterocycles. The second-order valence-electron chi connectivity index (χ2n) is 8.38. The normalized spacial score (nSPS) is 11.9. The molecule has 1 aromatic carbocycles. The second kappa shape index (κ2) is 11.0. The fourth-order valence-corrected chi connectivity index (χ4v) is 5.30. The second-order valence-corrected chi connectivity index (χ2v) is 11.3. The van der Waals surface area contributed by atoms with Crippen molar-refractivity contribution in [2.75, 3.05) is 6.16 Å². The minimum Gasteiger partial charge on any atom is -0.324 e. The van der Waals surface area contributed by atoms with Crippen molar-refractivity contribution in [1.29, 1.82) is 0 Å². The lowest BCUT2D eigenvalue weighted by molar-refractivity contribution is 0.370. The van der Waals surface area contributed by atoms with Crippen LogP contribution in [0.3, 0.4) is 0 Å². The molecule has 0 spiro atoms. The van der Waals surface area contributed by atoms with E-state index in [4.69, 9.17) is 21.2 Å². The molecule has 0 radical (unpaired) electrons. The van der Waals surface area contributed by atoms with Crippen molar-refractivity contribution in [1.82, 2.24) is 18.7 Å². The van der Waals surface area contributed by atoms with Gasteiger partial charge in [0.15, 0.2) is 11.2 Å². The Morgan fingerprint density at radius 1 is 1.15 bits per heavy atom. The van der Waals surface area contributed by atoms with E-state index in [1.165, 1.54) is 10.1 Å². The SMILES string of the molecule is C#CCn1c(=O)c2c(nc(CCc3ccccc3I)n2C(C)C)n(CCCCP(=O)(O)O)c1=O. The Kier molecular flexibility index (Phi) is 8.57. The molecule has 3 aromatic rings. The molecule has 0 bridgehead atoms. The van der Waals surface area contributed by atoms with E-state index in [-0.39, 0.29) is 37.4 Å². The number of nitrogens with zero attached hydrogens (tertiary/aromatic N) is 4. The van der Waals surface area contributed by atoms with Gasteiger partial charge in [-0.25, -0.2) is 14.3 Å². The van der Waals surface area contributed by atoms with Crippen molar-refractivity contribution in [3.63, 3.8) is 0 Å². The van der Waals surface area contributed by atoms with Gasteiger partial charge in [-0.05, 0) is 67.3 Å². The molecule has 0 unspecified atom stereocenters. The Hall–Kier alpha value is -2.19. The van der Waals surface area contributed by atoms with Crippen molar-refractivity contribution >= 4 is 41.4 Å². The Balaban J connectivity index is 2.11. The Morgan fingerprint density at radius 3 is 2.47 bits per heavy atom. The van der Waals surface area contributed by atoms with Crippen LogP contribution in [0.5, 0.6) is 0 Å². The van der Waals surface area contributed by atoms with E-state index in [1.54, 1.807) is 0 Å². The Morgan fingerprint density at radius 2 is 1.85 bits per heavy atom. The van der Waals surface area contributed by atoms with Crippen LogP contribution in [-0.2, 0) is 30.5 Å². The highest BCUT2D eigenvalue weighted by Gasteiger charge is 2.23. The molecule has 0 aliphatic rings. The van der Waals surface area contributed by atoms with E-state index >= 15 is 0 Å². The zero-order chi connectivity index (χ0) is 25.0. The molecule has 11 heteroatoms. The first-order valence-corrected chi connectivity index (χ1v) is 13.9. The minimum atomic E-state index is -4.12. The third-order valence-electron chi connectivity index (χ3n) is 5.55. The number of hydrogen-bond donors (Lipinski definition) is 2. The first-order valence-electron chi connectivity index (χ1n) is 11.0. The molecule has 0 aliphatic carbocycles. The highest BCUT2D eigenvalue weighted by molar-refractivity contribution is 14.1. The van der Waals surface area contributed by atoms with E-state index in [9.17, 15) is 14.2 Å². The van der Waals surface area contributed by atoms with Gasteiger partial charge in [-0.15, -0.1) is 6.42 Å². The maximum atomic E-state index is 13.3. The van der Waals surface area contributed by atoms with Gasteiger partial charge in [0.05, 0.1) is 6.54 Å². The third-order valence-corrected chi connectivity index (χ3v) is 7.50. The topological polar surface area (TPSA) is 119 Å². The quantitative estimate of drug-likeness (QED) is 0.160. The lowest BCUT2D eigenvalue weighted by atomic mass is 10.1. The van der Waals surface area contributed by atoms with Gasteiger partial charge in [0.1, 0.15) is 5.82 Å². The molecule has 2 heterocycles. The zero-order valence-electron chi connectivity index (χ0n) is 19.1. The number of fused-ring (bicyclic) bond motifs is 1. The molecule has 2 aromatic heterocycles. The van der Waals surface area contributed by atoms with Crippen LogP contribution in [-0.4, -0.2) is 34.6 Å². The van der Waals surface area contributed by atoms with E-state index in [1.807, 2.05) is 36.6 Å². The van der Waals surface area contributed by atoms with Crippen LogP contribution in [0.4, 0.5) is 0 Å². The Bertz CT molecular complexity index is 1390. The third kappa shape index (κ3) is 5.89. The summed E-state index contributed by atoms with van der Waals surface area (Å²) >= 11 is 2.29. The predicted octanol–water partition coefficient (Wildman–Crippen LogP) is 2.92. The van der Waals surface area contributed by atoms with Crippen LogP contribution in [0, 0.1) is 15.9 Å². The van der Waals surface area contributed by atoms with Crippen LogP contribution >= 0.6 is 30.2 Å². The number of aromatic nitrogens is 4. The van der Waals surface area contributed by atoms with Crippen LogP contribution in [0.1, 0.15) is 44.1 Å². The molecule has 182 valence electrons. The molecule has 0 atom stereocenters. The number of hydrogen-bond acceptors (Lipinski definition) is 4. The Labute approximate surface area is 211 Å². The lowest BCUT2D eigenvalue weighted by Crippen LogP contribution is -2.40. The maximum absolute atomic E-state index is 13.3. The summed E-state index contributed by atoms with van der Waals surface area (Å²) < 4.78 is 16.6. The molecular formula is C23H28IN4O5P. The fourth-order valence-electron chi connectivity index (χ4n) is 4.00. The molecule has 0 fully saturated rings. The first-order chi connectivity index (χ1) is 16.0. The molecule has 0 saturated carbocycles. The van der Waals surface area contributed by atoms with Gasteiger partial charge < -0.3 is 14.4 Å². The highest BCUT2D eigenvalue weighted by atomic mass is 127. The number of aryl methyl sites for hydroxylation is 3. The van der Waals surface area contributed by atoms with Crippen LogP contribution in [0.25, 0.3) is 11.2 Å². The molecule has 34 heavy (non-hydrogen) atoms. The summed E-state index contributed by atoms with van der Waals surface area (Å²) in [5.41, 5.74) is 0.726. The van der Waals surface area contributed by atoms with E-state index in [0.717, 1.165) is 14.6 Å². The summed E-state index contributed by atoms with van der Waals surface area (Å²) in [6, 6.07) is 7.97. The zero-order valence-corrected chi connectivity index (χ0v) is 22.2. The molecule has 3 rings (SSSR count). The van der Waals surface area contributed by atoms with Gasteiger partial charge >= 0.3 is 13.3 Å². The van der Waals surface area contributed by atoms with Crippen molar-refractivity contribution < 1.29 is 14.4 Å². The average Bonchev–Trinajstić information content (AvgIpc) is 3.14. The molecule has 0 saturated heterocycles. The number of rotatable bonds is 10. The van der Waals surface area contributed by atoms with Gasteiger partial charge in [-0.1, -0.05) is 24.1 Å². The summed E-state index contributed by atoms with van der Waals surface area (Å²) in [7, 11) is -4.12. The summed E-state index contributed by atoms with van der Waals surface area (Å²) in [5.74, 6) is 3.07. The number of imidazole rings is 1. The summed E-state index contributed by atoms with van der Waals surface area (Å²) in [4.78, 5) is 49.4. The van der Waals surface area contributed by atoms with Crippen LogP contribution in [0.15, 0.2) is 33.9 Å². The monoisotopic (exact) mass is 598 g/mol. The van der Waals surface area contributed by atoms with Gasteiger partial charge in [0.2, 0.25) is 0 Å². The highest BCUT2D eigenvalue weighted by Crippen LogP contribution is 2.35.